The summed E-state index contributed by atoms with van der Waals surface area (Å²) in [6, 6.07) is 6.17. The third-order valence-corrected chi connectivity index (χ3v) is 5.48. The molecule has 3 aromatic rings. The molecule has 0 radical (unpaired) electrons. The van der Waals surface area contributed by atoms with E-state index in [1.54, 1.807) is 0 Å². The Balaban J connectivity index is 2.22. The highest BCUT2D eigenvalue weighted by atomic mass is 32.2. The lowest BCUT2D eigenvalue weighted by Crippen LogP contribution is -2.23. The largest absolute Gasteiger partial charge is 0.417 e. The number of amides is 1. The first-order valence-corrected chi connectivity index (χ1v) is 10.3. The average molecular weight is 471 g/mol. The maximum absolute atomic E-state index is 13.6. The van der Waals surface area contributed by atoms with Crippen molar-refractivity contribution in [3.8, 4) is 11.1 Å². The molecule has 12 heteroatoms. The molecule has 4 N–H and O–H groups in total. The van der Waals surface area contributed by atoms with Crippen molar-refractivity contribution < 1.29 is 35.2 Å². The van der Waals surface area contributed by atoms with E-state index in [2.05, 4.69) is 4.98 Å². The zero-order valence-corrected chi connectivity index (χ0v) is 16.7. The summed E-state index contributed by atoms with van der Waals surface area (Å²) in [6.07, 6.45) is -3.16. The Morgan fingerprint density at radius 2 is 1.56 bits per heavy atom. The van der Waals surface area contributed by atoms with Crippen molar-refractivity contribution in [3.05, 3.63) is 83.2 Å². The number of aromatic nitrogens is 1. The summed E-state index contributed by atoms with van der Waals surface area (Å²) < 4.78 is 90.8. The Hall–Kier alpha value is -3.38. The van der Waals surface area contributed by atoms with Gasteiger partial charge in [-0.15, -0.1) is 0 Å². The standard InChI is InChI=1S/C20H14F5N3O3S/c21-14-4-11(5-15(22)7-14)18(19(26)29)10-1-2-16(17(6-10)32(27,30)31)12-3-13(9-28-8-12)20(23,24)25/h1-9,18H,(H2,26,29)(H2,27,30,31). The van der Waals surface area contributed by atoms with E-state index in [4.69, 9.17) is 10.9 Å². The number of carbonyl (C=O) groups is 1. The highest BCUT2D eigenvalue weighted by Crippen LogP contribution is 2.35. The van der Waals surface area contributed by atoms with E-state index >= 15 is 0 Å². The Morgan fingerprint density at radius 3 is 2.09 bits per heavy atom. The first-order valence-electron chi connectivity index (χ1n) is 8.72. The Morgan fingerprint density at radius 1 is 0.938 bits per heavy atom. The van der Waals surface area contributed by atoms with Crippen molar-refractivity contribution in [2.45, 2.75) is 17.0 Å². The Bertz CT molecular complexity index is 1290. The van der Waals surface area contributed by atoms with Gasteiger partial charge in [-0.2, -0.15) is 13.2 Å². The van der Waals surface area contributed by atoms with Crippen LogP contribution in [0.3, 0.4) is 0 Å². The summed E-state index contributed by atoms with van der Waals surface area (Å²) in [5.41, 5.74) is 3.55. The van der Waals surface area contributed by atoms with E-state index in [0.717, 1.165) is 30.5 Å². The molecule has 3 rings (SSSR count). The fourth-order valence-corrected chi connectivity index (χ4v) is 3.99. The third kappa shape index (κ3) is 4.92. The van der Waals surface area contributed by atoms with Crippen molar-refractivity contribution in [2.75, 3.05) is 0 Å². The number of nitrogens with zero attached hydrogens (tertiary/aromatic N) is 1. The molecule has 0 aliphatic rings. The predicted molar refractivity (Wildman–Crippen MR) is 103 cm³/mol. The molecule has 168 valence electrons. The molecule has 6 nitrogen and oxygen atoms in total. The smallest absolute Gasteiger partial charge is 0.369 e. The molecule has 0 spiro atoms. The number of benzene rings is 2. The fraction of sp³-hybridized carbons (Fsp3) is 0.100. The van der Waals surface area contributed by atoms with Gasteiger partial charge in [-0.1, -0.05) is 12.1 Å². The summed E-state index contributed by atoms with van der Waals surface area (Å²) >= 11 is 0. The molecule has 0 saturated carbocycles. The number of sulfonamides is 1. The summed E-state index contributed by atoms with van der Waals surface area (Å²) in [5.74, 6) is -4.51. The third-order valence-electron chi connectivity index (χ3n) is 4.52. The van der Waals surface area contributed by atoms with Crippen LogP contribution in [0.1, 0.15) is 22.6 Å². The van der Waals surface area contributed by atoms with Gasteiger partial charge in [0.2, 0.25) is 15.9 Å². The quantitative estimate of drug-likeness (QED) is 0.556. The van der Waals surface area contributed by atoms with E-state index in [1.807, 2.05) is 0 Å². The lowest BCUT2D eigenvalue weighted by molar-refractivity contribution is -0.137. The minimum absolute atomic E-state index is 0.0878. The van der Waals surface area contributed by atoms with E-state index in [-0.39, 0.29) is 22.3 Å². The Kier molecular flexibility index (Phi) is 6.03. The molecule has 1 heterocycles. The van der Waals surface area contributed by atoms with Gasteiger partial charge in [0, 0.05) is 29.6 Å². The van der Waals surface area contributed by atoms with Gasteiger partial charge in [0.1, 0.15) is 11.6 Å². The summed E-state index contributed by atoms with van der Waals surface area (Å²) in [7, 11) is -4.52. The second kappa shape index (κ2) is 8.28. The van der Waals surface area contributed by atoms with Gasteiger partial charge in [-0.3, -0.25) is 9.78 Å². The molecule has 32 heavy (non-hydrogen) atoms. The molecule has 1 aromatic heterocycles. The monoisotopic (exact) mass is 471 g/mol. The van der Waals surface area contributed by atoms with Crippen LogP contribution in [0.15, 0.2) is 59.8 Å². The van der Waals surface area contributed by atoms with Crippen LogP contribution < -0.4 is 10.9 Å². The minimum Gasteiger partial charge on any atom is -0.369 e. The highest BCUT2D eigenvalue weighted by Gasteiger charge is 2.32. The molecular formula is C20H14F5N3O3S. The number of pyridine rings is 1. The average Bonchev–Trinajstić information content (AvgIpc) is 2.66. The minimum atomic E-state index is -4.73. The molecule has 1 atom stereocenters. The number of rotatable bonds is 5. The van der Waals surface area contributed by atoms with Gasteiger partial charge < -0.3 is 5.73 Å². The van der Waals surface area contributed by atoms with Crippen LogP contribution in [0.25, 0.3) is 11.1 Å². The Labute approximate surface area is 178 Å². The zero-order chi connectivity index (χ0) is 23.8. The van der Waals surface area contributed by atoms with Crippen LogP contribution in [-0.4, -0.2) is 19.3 Å². The van der Waals surface area contributed by atoms with Gasteiger partial charge in [0.15, 0.2) is 0 Å². The van der Waals surface area contributed by atoms with Gasteiger partial charge in [0.05, 0.1) is 16.4 Å². The van der Waals surface area contributed by atoms with E-state index in [9.17, 15) is 35.2 Å². The molecule has 0 saturated heterocycles. The van der Waals surface area contributed by atoms with Crippen LogP contribution >= 0.6 is 0 Å². The SMILES string of the molecule is NC(=O)C(c1cc(F)cc(F)c1)c1ccc(-c2cncc(C(F)(F)F)c2)c(S(N)(=O)=O)c1. The number of carbonyl (C=O) groups excluding carboxylic acids is 1. The summed E-state index contributed by atoms with van der Waals surface area (Å²) in [5, 5.41) is 5.24. The molecule has 2 aromatic carbocycles. The molecule has 0 bridgehead atoms. The van der Waals surface area contributed by atoms with Gasteiger partial charge >= 0.3 is 6.18 Å². The maximum atomic E-state index is 13.6. The van der Waals surface area contributed by atoms with Crippen molar-refractivity contribution in [1.82, 2.24) is 4.98 Å². The lowest BCUT2D eigenvalue weighted by atomic mass is 9.89. The molecule has 0 aliphatic heterocycles. The first-order chi connectivity index (χ1) is 14.8. The van der Waals surface area contributed by atoms with Crippen LogP contribution in [0.5, 0.6) is 0 Å². The normalized spacial score (nSPS) is 13.1. The topological polar surface area (TPSA) is 116 Å². The summed E-state index contributed by atoms with van der Waals surface area (Å²) in [6.45, 7) is 0. The van der Waals surface area contributed by atoms with Crippen molar-refractivity contribution in [1.29, 1.82) is 0 Å². The molecule has 1 unspecified atom stereocenters. The molecule has 0 aliphatic carbocycles. The van der Waals surface area contributed by atoms with E-state index in [0.29, 0.717) is 18.3 Å². The number of primary amides is 1. The van der Waals surface area contributed by atoms with Gasteiger partial charge in [0.25, 0.3) is 0 Å². The number of primary sulfonamides is 1. The van der Waals surface area contributed by atoms with E-state index < -0.39 is 50.1 Å². The van der Waals surface area contributed by atoms with Crippen LogP contribution in [0, 0.1) is 11.6 Å². The second-order valence-corrected chi connectivity index (χ2v) is 8.33. The van der Waals surface area contributed by atoms with Crippen molar-refractivity contribution in [2.24, 2.45) is 10.9 Å². The van der Waals surface area contributed by atoms with E-state index in [1.165, 1.54) is 6.07 Å². The molecule has 0 fully saturated rings. The highest BCUT2D eigenvalue weighted by molar-refractivity contribution is 7.89. The lowest BCUT2D eigenvalue weighted by Gasteiger charge is -2.18. The van der Waals surface area contributed by atoms with Crippen LogP contribution in [0.2, 0.25) is 0 Å². The number of nitrogens with two attached hydrogens (primary N) is 2. The van der Waals surface area contributed by atoms with Crippen LogP contribution in [-0.2, 0) is 21.0 Å². The fourth-order valence-electron chi connectivity index (χ4n) is 3.20. The predicted octanol–water partition coefficient (Wildman–Crippen LogP) is 3.31. The first kappa shape index (κ1) is 23.3. The number of halogens is 5. The zero-order valence-electron chi connectivity index (χ0n) is 15.9. The van der Waals surface area contributed by atoms with Gasteiger partial charge in [-0.25, -0.2) is 22.3 Å². The van der Waals surface area contributed by atoms with Crippen molar-refractivity contribution >= 4 is 15.9 Å². The molecule has 1 amide bonds. The van der Waals surface area contributed by atoms with Crippen molar-refractivity contribution in [3.63, 3.8) is 0 Å². The number of alkyl halides is 3. The van der Waals surface area contributed by atoms with Gasteiger partial charge in [-0.05, 0) is 35.4 Å². The second-order valence-electron chi connectivity index (χ2n) is 6.80. The molecular weight excluding hydrogens is 457 g/mol. The summed E-state index contributed by atoms with van der Waals surface area (Å²) in [4.78, 5) is 14.9. The van der Waals surface area contributed by atoms with Crippen LogP contribution in [0.4, 0.5) is 22.0 Å². The number of hydrogen-bond donors (Lipinski definition) is 2. The number of hydrogen-bond acceptors (Lipinski definition) is 4. The maximum Gasteiger partial charge on any atom is 0.417 e.